The molecule has 37 heavy (non-hydrogen) atoms. The fourth-order valence-electron chi connectivity index (χ4n) is 0. The van der Waals surface area contributed by atoms with Gasteiger partial charge in [-0.2, -0.15) is 0 Å². The molecule has 0 saturated heterocycles. The summed E-state index contributed by atoms with van der Waals surface area (Å²) in [5.74, 6) is 0. The van der Waals surface area contributed by atoms with E-state index in [-0.39, 0.29) is 1180 Å². The molecule has 0 aromatic rings. The molecule has 0 aliphatic heterocycles. The zero-order valence-corrected chi connectivity index (χ0v) is 124. The van der Waals surface area contributed by atoms with Gasteiger partial charge in [-0.1, -0.05) is 0 Å². The third-order valence-electron chi connectivity index (χ3n) is 0. The van der Waals surface area contributed by atoms with E-state index < -0.39 is 0 Å². The van der Waals surface area contributed by atoms with Crippen molar-refractivity contribution in [1.82, 2.24) is 0 Å². The summed E-state index contributed by atoms with van der Waals surface area (Å²) in [5, 5.41) is 0. The van der Waals surface area contributed by atoms with Gasteiger partial charge in [0.15, 0.2) is 0 Å². The van der Waals surface area contributed by atoms with E-state index in [1.165, 1.54) is 0 Å². The largest absolute Gasteiger partial charge is 0.358 e. The van der Waals surface area contributed by atoms with E-state index in [4.69, 9.17) is 0 Å². The first kappa shape index (κ1) is 279. The Bertz CT molecular complexity index is 6.63. The molecule has 0 unspecified atom stereocenters. The number of hydrogen-bond acceptors (Lipinski definition) is 0. The molecule has 0 aliphatic rings. The molecule has 0 fully saturated rings. The SMILES string of the molecule is [CH3-].[Y].[Y].[Y].[Y].[Y].[Y].[Y].[Y].[Y].[Y].[Y].[Y].[Y].[Y].[Y].[Y].[Y].[Y].[Y].[Y].[Y].[Y].[Y].[Y].[Y].[Y].[Y].[Y].[Y].[Y].[Y].[Y].[Y].[Y].[Y].[Y]. The number of hydrogen-bond donors (Lipinski definition) is 0. The molecule has 0 rings (SSSR count). The van der Waals surface area contributed by atoms with E-state index in [1.807, 2.05) is 0 Å². The summed E-state index contributed by atoms with van der Waals surface area (Å²) in [4.78, 5) is 0. The minimum atomic E-state index is 0. The van der Waals surface area contributed by atoms with E-state index in [1.54, 1.807) is 0 Å². The molecule has 0 saturated carbocycles. The van der Waals surface area contributed by atoms with Crippen LogP contribution in [0.5, 0.6) is 0 Å². The molecule has 0 heterocycles. The molecule has 36 radical (unpaired) electrons. The standard InChI is InChI=1S/CH3.36Y/h1H3;;;;;;;;;;;;;;;;;;;;;;;;;;;;;;;;;;;;/q-1;;;;;;;;;;;;;;;;;;;;;;;;;;;;;;;;;;;;. The Hall–Kier alpha value is 39.7. The van der Waals surface area contributed by atoms with Gasteiger partial charge in [0.2, 0.25) is 0 Å². The molecule has 0 spiro atoms. The van der Waals surface area contributed by atoms with Gasteiger partial charge in [0.05, 0.1) is 0 Å². The van der Waals surface area contributed by atoms with Crippen LogP contribution in [0, 0.1) is 7.43 Å². The topological polar surface area (TPSA) is 0 Å². The maximum absolute atomic E-state index is 0. The predicted molar refractivity (Wildman–Crippen MR) is 6.41 cm³/mol. The molecule has 0 aromatic heterocycles. The Morgan fingerprint density at radius 3 is 0.0541 bits per heavy atom. The van der Waals surface area contributed by atoms with Crippen LogP contribution in [0.15, 0.2) is 0 Å². The van der Waals surface area contributed by atoms with Crippen molar-refractivity contribution in [1.29, 1.82) is 0 Å². The quantitative estimate of drug-likeness (QED) is 0.308. The van der Waals surface area contributed by atoms with E-state index >= 15 is 0 Å². The first-order chi connectivity index (χ1) is 0. The zero-order valence-electron chi connectivity index (χ0n) is 21.8. The summed E-state index contributed by atoms with van der Waals surface area (Å²) in [6, 6.07) is 0. The molecule has 36 heteroatoms. The molecule has 0 aromatic carbocycles. The first-order valence-corrected chi connectivity index (χ1v) is 0. The normalized spacial score (nSPS) is 0. The van der Waals surface area contributed by atoms with Crippen molar-refractivity contribution in [2.45, 2.75) is 0 Å². The van der Waals surface area contributed by atoms with Crippen LogP contribution in [0.4, 0.5) is 0 Å². The van der Waals surface area contributed by atoms with Gasteiger partial charge in [0.25, 0.3) is 0 Å². The summed E-state index contributed by atoms with van der Waals surface area (Å²) in [5.41, 5.74) is 0. The van der Waals surface area contributed by atoms with Crippen molar-refractivity contribution in [3.63, 3.8) is 0 Å². The minimum absolute atomic E-state index is 0. The van der Waals surface area contributed by atoms with Crippen molar-refractivity contribution >= 4 is 0 Å². The third kappa shape index (κ3) is 261. The van der Waals surface area contributed by atoms with Gasteiger partial charge in [-0.15, -0.1) is 0 Å². The maximum Gasteiger partial charge on any atom is 0 e. The molecule has 0 aliphatic carbocycles. The summed E-state index contributed by atoms with van der Waals surface area (Å²) in [6.45, 7) is 0. The van der Waals surface area contributed by atoms with Crippen molar-refractivity contribution in [2.24, 2.45) is 0 Å². The first-order valence-electron chi connectivity index (χ1n) is 0. The number of rotatable bonds is 0. The van der Waals surface area contributed by atoms with Gasteiger partial charge < -0.3 is 7.43 Å². The second-order valence-electron chi connectivity index (χ2n) is 0. The van der Waals surface area contributed by atoms with Gasteiger partial charge >= 0.3 is 0 Å². The Kier molecular flexibility index (Phi) is 2020. The van der Waals surface area contributed by atoms with Crippen molar-refractivity contribution in [3.05, 3.63) is 7.43 Å². The summed E-state index contributed by atoms with van der Waals surface area (Å²) in [6.07, 6.45) is 0. The van der Waals surface area contributed by atoms with Crippen molar-refractivity contribution in [3.8, 4) is 0 Å². The van der Waals surface area contributed by atoms with Crippen LogP contribution in [-0.4, -0.2) is 0 Å². The Balaban J connectivity index is 0. The average Bonchev–Trinajstić information content (AvgIpc) is 0. The fraction of sp³-hybridized carbons (Fsp3) is 0. The van der Waals surface area contributed by atoms with Crippen molar-refractivity contribution < 1.29 is 1180 Å². The van der Waals surface area contributed by atoms with Gasteiger partial charge in [-0.05, 0) is 0 Å². The molecule has 0 nitrogen and oxygen atoms in total. The van der Waals surface area contributed by atoms with Gasteiger partial charge in [-0.3, -0.25) is 0 Å². The molecule has 0 amide bonds. The smallest absolute Gasteiger partial charge is 0 e. The molecule has 0 N–H and O–H groups in total. The Morgan fingerprint density at radius 2 is 0.0541 bits per heavy atom. The van der Waals surface area contributed by atoms with Gasteiger partial charge in [-0.25, -0.2) is 0 Å². The molecular weight excluding hydrogens is 3210 g/mol. The second kappa shape index (κ2) is 268. The molecule has 0 bridgehead atoms. The maximum atomic E-state index is 0. The van der Waals surface area contributed by atoms with Crippen LogP contribution in [-0.2, 0) is 1180 Å². The van der Waals surface area contributed by atoms with E-state index in [2.05, 4.69) is 0 Å². The fourth-order valence-corrected chi connectivity index (χ4v) is 0. The summed E-state index contributed by atoms with van der Waals surface area (Å²) < 4.78 is 0. The monoisotopic (exact) mass is 3220 g/mol. The van der Waals surface area contributed by atoms with Crippen molar-refractivity contribution in [2.75, 3.05) is 0 Å². The zero-order chi connectivity index (χ0) is 0. The summed E-state index contributed by atoms with van der Waals surface area (Å²) in [7, 11) is 0. The van der Waals surface area contributed by atoms with Gasteiger partial charge in [0, 0.05) is 1180 Å². The van der Waals surface area contributed by atoms with E-state index in [9.17, 15) is 0 Å². The third-order valence-corrected chi connectivity index (χ3v) is 0. The average molecular weight is 3220 g/mol. The van der Waals surface area contributed by atoms with Gasteiger partial charge in [0.1, 0.15) is 0 Å². The summed E-state index contributed by atoms with van der Waals surface area (Å²) >= 11 is 0. The van der Waals surface area contributed by atoms with E-state index in [0.717, 1.165) is 0 Å². The molecule has 0 atom stereocenters. The Labute approximate surface area is 1140 Å². The van der Waals surface area contributed by atoms with Crippen LogP contribution in [0.2, 0.25) is 0 Å². The van der Waals surface area contributed by atoms with Crippen LogP contribution in [0.1, 0.15) is 0 Å². The van der Waals surface area contributed by atoms with Crippen LogP contribution in [0.3, 0.4) is 0 Å². The van der Waals surface area contributed by atoms with Crippen LogP contribution < -0.4 is 0 Å². The van der Waals surface area contributed by atoms with E-state index in [0.29, 0.717) is 0 Å². The minimum Gasteiger partial charge on any atom is -0.358 e. The van der Waals surface area contributed by atoms with Crippen LogP contribution >= 0.6 is 0 Å². The molecule has 116 valence electrons. The Morgan fingerprint density at radius 1 is 0.0541 bits per heavy atom. The molecular formula is CH3Y36-. The van der Waals surface area contributed by atoms with Crippen LogP contribution in [0.25, 0.3) is 0 Å². The predicted octanol–water partition coefficient (Wildman–Crippen LogP) is 0.360. The second-order valence-corrected chi connectivity index (χ2v) is 0.